The number of hydrogen-bond acceptors (Lipinski definition) is 1. The molecule has 0 radical (unpaired) electrons. The third-order valence-corrected chi connectivity index (χ3v) is 2.24. The van der Waals surface area contributed by atoms with Crippen LogP contribution in [-0.4, -0.2) is 17.8 Å². The molecule has 1 fully saturated rings. The molecule has 9 heavy (non-hydrogen) atoms. The maximum Gasteiger partial charge on any atom is 0.214 e. The fourth-order valence-electron chi connectivity index (χ4n) is 0.879. The van der Waals surface area contributed by atoms with Crippen molar-refractivity contribution in [3.63, 3.8) is 0 Å². The second-order valence-electron chi connectivity index (χ2n) is 2.34. The molecule has 54 valence electrons. The third kappa shape index (κ3) is 1.06. The Balaban J connectivity index is 2.33. The lowest BCUT2D eigenvalue weighted by molar-refractivity contribution is 0.102. The summed E-state index contributed by atoms with van der Waals surface area (Å²) in [5.74, 6) is -0.140. The van der Waals surface area contributed by atoms with Crippen molar-refractivity contribution >= 4 is 11.6 Å². The van der Waals surface area contributed by atoms with Crippen molar-refractivity contribution in [3.05, 3.63) is 0 Å². The zero-order chi connectivity index (χ0) is 7.07. The van der Waals surface area contributed by atoms with Gasteiger partial charge in [-0.15, -0.1) is 0 Å². The van der Waals surface area contributed by atoms with Crippen LogP contribution < -0.4 is 0 Å². The molecule has 0 heterocycles. The molecule has 3 heteroatoms. The molecule has 0 N–H and O–H groups in total. The molecule has 1 saturated carbocycles. The summed E-state index contributed by atoms with van der Waals surface area (Å²) in [6, 6.07) is 0. The second kappa shape index (κ2) is 2.10. The Morgan fingerprint density at radius 3 is 2.33 bits per heavy atom. The SMILES string of the molecule is CCO[C@@H]1[C@H](C)[C@]1(F)Cl. The van der Waals surface area contributed by atoms with E-state index in [1.54, 1.807) is 6.92 Å². The van der Waals surface area contributed by atoms with Crippen LogP contribution in [0.15, 0.2) is 0 Å². The van der Waals surface area contributed by atoms with E-state index in [1.807, 2.05) is 6.92 Å². The summed E-state index contributed by atoms with van der Waals surface area (Å²) in [5, 5.41) is -1.57. The zero-order valence-electron chi connectivity index (χ0n) is 5.53. The van der Waals surface area contributed by atoms with Gasteiger partial charge < -0.3 is 4.74 Å². The Kier molecular flexibility index (Phi) is 1.70. The Labute approximate surface area is 59.1 Å². The van der Waals surface area contributed by atoms with Gasteiger partial charge in [0.1, 0.15) is 6.10 Å². The van der Waals surface area contributed by atoms with Gasteiger partial charge in [0.15, 0.2) is 0 Å². The van der Waals surface area contributed by atoms with Crippen LogP contribution in [0.1, 0.15) is 13.8 Å². The predicted octanol–water partition coefficient (Wildman–Crippen LogP) is 1.95. The largest absolute Gasteiger partial charge is 0.373 e. The molecule has 1 aliphatic carbocycles. The zero-order valence-corrected chi connectivity index (χ0v) is 6.28. The summed E-state index contributed by atoms with van der Waals surface area (Å²) < 4.78 is 17.7. The van der Waals surface area contributed by atoms with Gasteiger partial charge in [-0.1, -0.05) is 18.5 Å². The van der Waals surface area contributed by atoms with Gasteiger partial charge in [-0.3, -0.25) is 0 Å². The van der Waals surface area contributed by atoms with Crippen molar-refractivity contribution in [2.24, 2.45) is 5.92 Å². The highest BCUT2D eigenvalue weighted by Gasteiger charge is 2.64. The smallest absolute Gasteiger partial charge is 0.214 e. The molecule has 1 aliphatic rings. The summed E-state index contributed by atoms with van der Waals surface area (Å²) in [7, 11) is 0. The van der Waals surface area contributed by atoms with Crippen LogP contribution in [0.4, 0.5) is 4.39 Å². The number of rotatable bonds is 2. The second-order valence-corrected chi connectivity index (χ2v) is 2.92. The highest BCUT2D eigenvalue weighted by Crippen LogP contribution is 2.52. The van der Waals surface area contributed by atoms with Crippen molar-refractivity contribution in [1.82, 2.24) is 0 Å². The fraction of sp³-hybridized carbons (Fsp3) is 1.00. The monoisotopic (exact) mass is 152 g/mol. The van der Waals surface area contributed by atoms with E-state index in [0.29, 0.717) is 6.61 Å². The first-order valence-corrected chi connectivity index (χ1v) is 3.48. The van der Waals surface area contributed by atoms with Crippen molar-refractivity contribution in [3.8, 4) is 0 Å². The third-order valence-electron chi connectivity index (χ3n) is 1.68. The molecular formula is C6H10ClFO. The van der Waals surface area contributed by atoms with E-state index in [1.165, 1.54) is 0 Å². The van der Waals surface area contributed by atoms with Crippen LogP contribution >= 0.6 is 11.6 Å². The van der Waals surface area contributed by atoms with Gasteiger partial charge in [0, 0.05) is 12.5 Å². The van der Waals surface area contributed by atoms with Crippen LogP contribution in [0, 0.1) is 5.92 Å². The summed E-state index contributed by atoms with van der Waals surface area (Å²) in [4.78, 5) is 0. The summed E-state index contributed by atoms with van der Waals surface area (Å²) in [6.45, 7) is 4.11. The van der Waals surface area contributed by atoms with Gasteiger partial charge in [0.25, 0.3) is 0 Å². The molecular weight excluding hydrogens is 143 g/mol. The van der Waals surface area contributed by atoms with E-state index >= 15 is 0 Å². The van der Waals surface area contributed by atoms with Crippen LogP contribution in [0.5, 0.6) is 0 Å². The van der Waals surface area contributed by atoms with E-state index in [0.717, 1.165) is 0 Å². The highest BCUT2D eigenvalue weighted by molar-refractivity contribution is 6.25. The van der Waals surface area contributed by atoms with Crippen LogP contribution in [0.3, 0.4) is 0 Å². The molecule has 1 rings (SSSR count). The Morgan fingerprint density at radius 2 is 2.22 bits per heavy atom. The Morgan fingerprint density at radius 1 is 1.78 bits per heavy atom. The number of ether oxygens (including phenoxy) is 1. The highest BCUT2D eigenvalue weighted by atomic mass is 35.5. The lowest BCUT2D eigenvalue weighted by atomic mass is 10.5. The number of alkyl halides is 2. The standard InChI is InChI=1S/C6H10ClFO/c1-3-9-5-4(2)6(5,7)8/h4-5H,3H2,1-2H3/t4-,5+,6+/m0/s1. The molecule has 0 amide bonds. The fourth-order valence-corrected chi connectivity index (χ4v) is 1.18. The van der Waals surface area contributed by atoms with E-state index in [-0.39, 0.29) is 12.0 Å². The molecule has 0 aromatic rings. The Hall–Kier alpha value is 0.180. The predicted molar refractivity (Wildman–Crippen MR) is 34.3 cm³/mol. The summed E-state index contributed by atoms with van der Waals surface area (Å²) in [5.41, 5.74) is 0. The maximum atomic E-state index is 12.7. The normalized spacial score (nSPS) is 49.3. The van der Waals surface area contributed by atoms with E-state index < -0.39 is 5.13 Å². The first-order chi connectivity index (χ1) is 4.10. The van der Waals surface area contributed by atoms with Crippen LogP contribution in [0.2, 0.25) is 0 Å². The van der Waals surface area contributed by atoms with Gasteiger partial charge in [-0.05, 0) is 6.92 Å². The molecule has 1 nitrogen and oxygen atoms in total. The number of halogens is 2. The van der Waals surface area contributed by atoms with Crippen molar-refractivity contribution in [2.75, 3.05) is 6.61 Å². The lowest BCUT2D eigenvalue weighted by Gasteiger charge is -1.95. The molecule has 3 atom stereocenters. The molecule has 0 unspecified atom stereocenters. The average molecular weight is 153 g/mol. The van der Waals surface area contributed by atoms with Gasteiger partial charge in [-0.2, -0.15) is 0 Å². The molecule has 0 aromatic carbocycles. The van der Waals surface area contributed by atoms with E-state index in [9.17, 15) is 4.39 Å². The topological polar surface area (TPSA) is 9.23 Å². The van der Waals surface area contributed by atoms with E-state index in [4.69, 9.17) is 16.3 Å². The summed E-state index contributed by atoms with van der Waals surface area (Å²) >= 11 is 5.34. The number of hydrogen-bond donors (Lipinski definition) is 0. The molecule has 0 saturated heterocycles. The van der Waals surface area contributed by atoms with Crippen molar-refractivity contribution in [1.29, 1.82) is 0 Å². The lowest BCUT2D eigenvalue weighted by Crippen LogP contribution is -2.01. The van der Waals surface area contributed by atoms with Crippen molar-refractivity contribution < 1.29 is 9.13 Å². The molecule has 0 spiro atoms. The maximum absolute atomic E-state index is 12.7. The minimum atomic E-state index is -1.57. The summed E-state index contributed by atoms with van der Waals surface area (Å²) in [6.07, 6.45) is -0.371. The van der Waals surface area contributed by atoms with Gasteiger partial charge in [0.2, 0.25) is 5.13 Å². The minimum absolute atomic E-state index is 0.140. The van der Waals surface area contributed by atoms with Gasteiger partial charge in [-0.25, -0.2) is 4.39 Å². The molecule has 0 bridgehead atoms. The van der Waals surface area contributed by atoms with E-state index in [2.05, 4.69) is 0 Å². The van der Waals surface area contributed by atoms with Crippen molar-refractivity contribution in [2.45, 2.75) is 25.1 Å². The first-order valence-electron chi connectivity index (χ1n) is 3.10. The average Bonchev–Trinajstić information content (AvgIpc) is 2.19. The van der Waals surface area contributed by atoms with Gasteiger partial charge in [0.05, 0.1) is 0 Å². The molecule has 0 aromatic heterocycles. The minimum Gasteiger partial charge on any atom is -0.373 e. The van der Waals surface area contributed by atoms with Gasteiger partial charge >= 0.3 is 0 Å². The Bertz CT molecular complexity index is 116. The first kappa shape index (κ1) is 7.29. The van der Waals surface area contributed by atoms with Crippen LogP contribution in [-0.2, 0) is 4.74 Å². The van der Waals surface area contributed by atoms with Crippen LogP contribution in [0.25, 0.3) is 0 Å². The quantitative estimate of drug-likeness (QED) is 0.550. The molecule has 0 aliphatic heterocycles.